The third-order valence-corrected chi connectivity index (χ3v) is 8.10. The van der Waals surface area contributed by atoms with Crippen molar-refractivity contribution in [1.29, 1.82) is 0 Å². The van der Waals surface area contributed by atoms with E-state index in [4.69, 9.17) is 34.3 Å². The highest BCUT2D eigenvalue weighted by atomic mass is 35.5. The Bertz CT molecular complexity index is 942. The molecule has 1 fully saturated rings. The van der Waals surface area contributed by atoms with E-state index in [9.17, 15) is 8.42 Å². The molecule has 2 aromatic rings. The zero-order valence-corrected chi connectivity index (χ0v) is 17.6. The first-order chi connectivity index (χ1) is 12.7. The minimum atomic E-state index is -3.65. The van der Waals surface area contributed by atoms with E-state index in [0.717, 1.165) is 11.1 Å². The van der Waals surface area contributed by atoms with Crippen LogP contribution >= 0.6 is 23.8 Å². The smallest absolute Gasteiger partial charge is 0.182 e. The second-order valence-corrected chi connectivity index (χ2v) is 9.80. The van der Waals surface area contributed by atoms with Crippen LogP contribution in [0.2, 0.25) is 5.02 Å². The molecule has 0 amide bonds. The normalized spacial score (nSPS) is 24.6. The summed E-state index contributed by atoms with van der Waals surface area (Å²) in [7, 11) is -3.65. The Morgan fingerprint density at radius 1 is 1.19 bits per heavy atom. The lowest BCUT2D eigenvalue weighted by Gasteiger charge is -2.17. The van der Waals surface area contributed by atoms with Crippen molar-refractivity contribution in [3.05, 3.63) is 64.7 Å². The van der Waals surface area contributed by atoms with Gasteiger partial charge in [-0.1, -0.05) is 53.6 Å². The summed E-state index contributed by atoms with van der Waals surface area (Å²) in [5.74, 6) is -0.370. The first kappa shape index (κ1) is 20.3. The summed E-state index contributed by atoms with van der Waals surface area (Å²) in [4.78, 5) is 0.434. The minimum Gasteiger partial charge on any atom is -0.393 e. The third kappa shape index (κ3) is 3.51. The summed E-state index contributed by atoms with van der Waals surface area (Å²) in [6.07, 6.45) is 0. The number of hydrogen-bond donors (Lipinski definition) is 1. The predicted molar refractivity (Wildman–Crippen MR) is 112 cm³/mol. The Balaban J connectivity index is 2.10. The van der Waals surface area contributed by atoms with Crippen LogP contribution in [0, 0.1) is 12.3 Å². The average molecular weight is 424 g/mol. The highest BCUT2D eigenvalue weighted by Gasteiger charge is 2.73. The van der Waals surface area contributed by atoms with E-state index >= 15 is 0 Å². The molecule has 1 saturated carbocycles. The fourth-order valence-electron chi connectivity index (χ4n) is 3.69. The lowest BCUT2D eigenvalue weighted by atomic mass is 10.00. The van der Waals surface area contributed by atoms with Crippen LogP contribution in [0.4, 0.5) is 0 Å². The molecule has 0 aromatic heterocycles. The predicted octanol–water partition coefficient (Wildman–Crippen LogP) is 3.90. The fourth-order valence-corrected chi connectivity index (χ4v) is 6.58. The first-order valence-electron chi connectivity index (χ1n) is 8.69. The van der Waals surface area contributed by atoms with Gasteiger partial charge in [0.05, 0.1) is 27.2 Å². The minimum absolute atomic E-state index is 0.164. The maximum absolute atomic E-state index is 13.4. The van der Waals surface area contributed by atoms with Gasteiger partial charge >= 0.3 is 0 Å². The van der Waals surface area contributed by atoms with Gasteiger partial charge in [0.1, 0.15) is 0 Å². The van der Waals surface area contributed by atoms with Crippen molar-refractivity contribution in [3.63, 3.8) is 0 Å². The van der Waals surface area contributed by atoms with Crippen molar-refractivity contribution < 1.29 is 13.2 Å². The highest BCUT2D eigenvalue weighted by Crippen LogP contribution is 2.64. The molecule has 0 bridgehead atoms. The molecule has 27 heavy (non-hydrogen) atoms. The SMILES string of the molecule is CCOC[C@@]1(C(N)=S)[C@@H](c2ccc(Cl)cc2)[C@@H]1S(=O)(=O)c1ccc(C)cc1. The van der Waals surface area contributed by atoms with E-state index in [1.54, 1.807) is 36.4 Å². The number of rotatable bonds is 7. The maximum atomic E-state index is 13.4. The number of aryl methyl sites for hydroxylation is 1. The standard InChI is InChI=1S/C20H22ClNO3S2/c1-3-25-12-20(19(22)26)17(14-6-8-15(21)9-7-14)18(20)27(23,24)16-10-4-13(2)5-11-16/h4-11,17-18H,3,12H2,1-2H3,(H2,22,26)/t17-,18-,20+/m0/s1. The molecule has 1 aliphatic carbocycles. The van der Waals surface area contributed by atoms with Gasteiger partial charge in [-0.2, -0.15) is 0 Å². The van der Waals surface area contributed by atoms with Gasteiger partial charge in [0.2, 0.25) is 0 Å². The molecule has 0 aliphatic heterocycles. The van der Waals surface area contributed by atoms with Crippen molar-refractivity contribution in [2.45, 2.75) is 29.9 Å². The van der Waals surface area contributed by atoms with E-state index in [-0.39, 0.29) is 22.4 Å². The Kier molecular flexibility index (Phi) is 5.64. The molecular weight excluding hydrogens is 402 g/mol. The summed E-state index contributed by atoms with van der Waals surface area (Å²) in [5.41, 5.74) is 6.99. The van der Waals surface area contributed by atoms with E-state index < -0.39 is 20.5 Å². The lowest BCUT2D eigenvalue weighted by Crippen LogP contribution is -2.33. The summed E-state index contributed by atoms with van der Waals surface area (Å²) >= 11 is 11.3. The molecule has 1 aliphatic rings. The van der Waals surface area contributed by atoms with E-state index in [1.165, 1.54) is 0 Å². The molecule has 0 unspecified atom stereocenters. The van der Waals surface area contributed by atoms with Gasteiger partial charge in [0, 0.05) is 17.5 Å². The van der Waals surface area contributed by atoms with E-state index in [2.05, 4.69) is 0 Å². The zero-order valence-electron chi connectivity index (χ0n) is 15.2. The van der Waals surface area contributed by atoms with Crippen LogP contribution < -0.4 is 5.73 Å². The quantitative estimate of drug-likeness (QED) is 0.684. The molecule has 2 N–H and O–H groups in total. The maximum Gasteiger partial charge on any atom is 0.182 e. The Morgan fingerprint density at radius 3 is 2.30 bits per heavy atom. The zero-order chi connectivity index (χ0) is 19.8. The Labute approximate surface area is 170 Å². The van der Waals surface area contributed by atoms with Crippen molar-refractivity contribution in [2.24, 2.45) is 11.1 Å². The van der Waals surface area contributed by atoms with Gasteiger partial charge in [-0.3, -0.25) is 0 Å². The second kappa shape index (κ2) is 7.51. The van der Waals surface area contributed by atoms with Crippen LogP contribution in [-0.4, -0.2) is 31.9 Å². The van der Waals surface area contributed by atoms with Gasteiger partial charge in [0.15, 0.2) is 9.84 Å². The molecule has 0 heterocycles. The number of nitrogens with two attached hydrogens (primary N) is 1. The number of benzene rings is 2. The topological polar surface area (TPSA) is 69.4 Å². The van der Waals surface area contributed by atoms with E-state index in [1.807, 2.05) is 26.0 Å². The second-order valence-electron chi connectivity index (χ2n) is 6.85. The monoisotopic (exact) mass is 423 g/mol. The molecule has 7 heteroatoms. The van der Waals surface area contributed by atoms with Gasteiger partial charge in [0.25, 0.3) is 0 Å². The molecule has 144 valence electrons. The molecule has 0 saturated heterocycles. The molecule has 0 spiro atoms. The average Bonchev–Trinajstić information content (AvgIpc) is 3.32. The van der Waals surface area contributed by atoms with Crippen LogP contribution in [0.3, 0.4) is 0 Å². The van der Waals surface area contributed by atoms with Crippen molar-refractivity contribution >= 4 is 38.6 Å². The number of hydrogen-bond acceptors (Lipinski definition) is 4. The van der Waals surface area contributed by atoms with Gasteiger partial charge in [-0.05, 0) is 43.7 Å². The van der Waals surface area contributed by atoms with Crippen LogP contribution in [0.25, 0.3) is 0 Å². The first-order valence-corrected chi connectivity index (χ1v) is 11.0. The molecule has 3 rings (SSSR count). The van der Waals surface area contributed by atoms with Crippen LogP contribution in [-0.2, 0) is 14.6 Å². The Hall–Kier alpha value is -1.47. The van der Waals surface area contributed by atoms with Gasteiger partial charge < -0.3 is 10.5 Å². The van der Waals surface area contributed by atoms with Crippen molar-refractivity contribution in [2.75, 3.05) is 13.2 Å². The number of ether oxygens (including phenoxy) is 1. The van der Waals surface area contributed by atoms with Gasteiger partial charge in [-0.15, -0.1) is 0 Å². The van der Waals surface area contributed by atoms with Crippen molar-refractivity contribution in [1.82, 2.24) is 0 Å². The van der Waals surface area contributed by atoms with Crippen LogP contribution in [0.15, 0.2) is 53.4 Å². The third-order valence-electron chi connectivity index (χ3n) is 5.17. The highest BCUT2D eigenvalue weighted by molar-refractivity contribution is 7.92. The molecule has 2 aromatic carbocycles. The Morgan fingerprint density at radius 2 is 1.78 bits per heavy atom. The summed E-state index contributed by atoms with van der Waals surface area (Å²) in [6.45, 7) is 4.39. The number of sulfone groups is 1. The summed E-state index contributed by atoms with van der Waals surface area (Å²) in [6, 6.07) is 14.0. The van der Waals surface area contributed by atoms with E-state index in [0.29, 0.717) is 11.6 Å². The number of halogens is 1. The lowest BCUT2D eigenvalue weighted by molar-refractivity contribution is 0.121. The summed E-state index contributed by atoms with van der Waals surface area (Å²) in [5, 5.41) is -0.180. The molecular formula is C20H22ClNO3S2. The van der Waals surface area contributed by atoms with Crippen LogP contribution in [0.5, 0.6) is 0 Å². The number of thiocarbonyl (C=S) groups is 1. The van der Waals surface area contributed by atoms with Crippen molar-refractivity contribution in [3.8, 4) is 0 Å². The van der Waals surface area contributed by atoms with Crippen LogP contribution in [0.1, 0.15) is 24.0 Å². The molecule has 3 atom stereocenters. The molecule has 0 radical (unpaired) electrons. The largest absolute Gasteiger partial charge is 0.393 e. The fraction of sp³-hybridized carbons (Fsp3) is 0.350. The van der Waals surface area contributed by atoms with Gasteiger partial charge in [-0.25, -0.2) is 8.42 Å². The molecule has 4 nitrogen and oxygen atoms in total. The summed E-state index contributed by atoms with van der Waals surface area (Å²) < 4.78 is 32.5.